The second kappa shape index (κ2) is 4.05. The van der Waals surface area contributed by atoms with E-state index in [9.17, 15) is 4.79 Å². The summed E-state index contributed by atoms with van der Waals surface area (Å²) in [6.07, 6.45) is 2.27. The lowest BCUT2D eigenvalue weighted by Crippen LogP contribution is -2.03. The van der Waals surface area contributed by atoms with Gasteiger partial charge in [-0.05, 0) is 37.0 Å². The van der Waals surface area contributed by atoms with Gasteiger partial charge in [0, 0.05) is 16.6 Å². The Morgan fingerprint density at radius 2 is 2.11 bits per heavy atom. The van der Waals surface area contributed by atoms with Gasteiger partial charge in [0.2, 0.25) is 0 Å². The fourth-order valence-electron chi connectivity index (χ4n) is 2.32. The highest BCUT2D eigenvalue weighted by Gasteiger charge is 2.31. The molecule has 94 valence electrons. The zero-order valence-electron chi connectivity index (χ0n) is 10.4. The summed E-state index contributed by atoms with van der Waals surface area (Å²) in [5.74, 6) is 0.933. The van der Waals surface area contributed by atoms with E-state index < -0.39 is 0 Å². The van der Waals surface area contributed by atoms with Crippen molar-refractivity contribution in [2.75, 3.05) is 14.2 Å². The van der Waals surface area contributed by atoms with E-state index in [4.69, 9.17) is 9.47 Å². The molecule has 1 aliphatic carbocycles. The summed E-state index contributed by atoms with van der Waals surface area (Å²) in [4.78, 5) is 15.3. The number of aromatic nitrogens is 1. The van der Waals surface area contributed by atoms with Crippen molar-refractivity contribution in [3.63, 3.8) is 0 Å². The lowest BCUT2D eigenvalue weighted by Gasteiger charge is -2.02. The van der Waals surface area contributed by atoms with Crippen LogP contribution in [0.25, 0.3) is 10.9 Å². The molecule has 4 nitrogen and oxygen atoms in total. The molecular formula is C14H15NO3. The topological polar surface area (TPSA) is 51.3 Å². The Balaban J connectivity index is 2.24. The molecule has 18 heavy (non-hydrogen) atoms. The molecule has 0 bridgehead atoms. The number of ether oxygens (including phenoxy) is 2. The summed E-state index contributed by atoms with van der Waals surface area (Å²) in [6.45, 7) is 0. The third-order valence-corrected chi connectivity index (χ3v) is 3.41. The van der Waals surface area contributed by atoms with Gasteiger partial charge in [-0.25, -0.2) is 4.79 Å². The summed E-state index contributed by atoms with van der Waals surface area (Å²) in [6, 6.07) is 5.70. The van der Waals surface area contributed by atoms with Crippen LogP contribution in [0.15, 0.2) is 18.2 Å². The van der Waals surface area contributed by atoms with Crippen molar-refractivity contribution >= 4 is 16.9 Å². The lowest BCUT2D eigenvalue weighted by molar-refractivity contribution is 0.0601. The summed E-state index contributed by atoms with van der Waals surface area (Å²) >= 11 is 0. The van der Waals surface area contributed by atoms with Gasteiger partial charge in [0.15, 0.2) is 0 Å². The minimum atomic E-state index is -0.281. The Morgan fingerprint density at radius 1 is 1.33 bits per heavy atom. The number of carbonyl (C=O) groups excluding carboxylic acids is 1. The molecule has 1 aromatic carbocycles. The van der Waals surface area contributed by atoms with E-state index in [2.05, 4.69) is 4.98 Å². The molecule has 1 fully saturated rings. The van der Waals surface area contributed by atoms with Gasteiger partial charge >= 0.3 is 5.97 Å². The number of fused-ring (bicyclic) bond motifs is 1. The van der Waals surface area contributed by atoms with Gasteiger partial charge in [-0.15, -0.1) is 0 Å². The Labute approximate surface area is 105 Å². The molecule has 3 rings (SSSR count). The number of benzene rings is 1. The van der Waals surface area contributed by atoms with Crippen molar-refractivity contribution < 1.29 is 14.3 Å². The first-order chi connectivity index (χ1) is 8.74. The lowest BCUT2D eigenvalue weighted by atomic mass is 10.1. The zero-order chi connectivity index (χ0) is 12.7. The number of carbonyl (C=O) groups is 1. The van der Waals surface area contributed by atoms with Crippen molar-refractivity contribution in [3.05, 3.63) is 29.5 Å². The molecule has 1 N–H and O–H groups in total. The Kier molecular flexibility index (Phi) is 2.51. The number of aromatic amines is 1. The van der Waals surface area contributed by atoms with E-state index in [1.54, 1.807) is 7.11 Å². The van der Waals surface area contributed by atoms with Crippen LogP contribution in [-0.2, 0) is 4.74 Å². The van der Waals surface area contributed by atoms with Crippen LogP contribution in [0, 0.1) is 0 Å². The smallest absolute Gasteiger partial charge is 0.340 e. The molecule has 0 saturated heterocycles. The zero-order valence-corrected chi connectivity index (χ0v) is 10.4. The monoisotopic (exact) mass is 245 g/mol. The van der Waals surface area contributed by atoms with Crippen molar-refractivity contribution in [3.8, 4) is 5.75 Å². The molecule has 1 aromatic heterocycles. The highest BCUT2D eigenvalue weighted by Crippen LogP contribution is 2.43. The summed E-state index contributed by atoms with van der Waals surface area (Å²) < 4.78 is 10.1. The Bertz CT molecular complexity index is 611. The van der Waals surface area contributed by atoms with Crippen LogP contribution in [0.2, 0.25) is 0 Å². The molecule has 0 spiro atoms. The molecule has 1 aliphatic rings. The van der Waals surface area contributed by atoms with Crippen LogP contribution in [0.5, 0.6) is 5.75 Å². The van der Waals surface area contributed by atoms with Crippen LogP contribution >= 0.6 is 0 Å². The van der Waals surface area contributed by atoms with E-state index in [-0.39, 0.29) is 5.97 Å². The maximum Gasteiger partial charge on any atom is 0.340 e. The van der Waals surface area contributed by atoms with E-state index >= 15 is 0 Å². The van der Waals surface area contributed by atoms with Crippen LogP contribution < -0.4 is 4.74 Å². The van der Waals surface area contributed by atoms with Gasteiger partial charge in [0.1, 0.15) is 5.75 Å². The third-order valence-electron chi connectivity index (χ3n) is 3.41. The maximum atomic E-state index is 12.0. The van der Waals surface area contributed by atoms with Gasteiger partial charge in [0.25, 0.3) is 0 Å². The molecular weight excluding hydrogens is 230 g/mol. The second-order valence-corrected chi connectivity index (χ2v) is 4.59. The molecule has 4 heteroatoms. The number of H-pyrrole nitrogens is 1. The summed E-state index contributed by atoms with van der Waals surface area (Å²) in [5, 5.41) is 0.878. The van der Waals surface area contributed by atoms with Crippen molar-refractivity contribution in [1.29, 1.82) is 0 Å². The number of esters is 1. The van der Waals surface area contributed by atoms with Crippen LogP contribution in [0.1, 0.15) is 34.8 Å². The minimum Gasteiger partial charge on any atom is -0.497 e. The number of hydrogen-bond acceptors (Lipinski definition) is 3. The second-order valence-electron chi connectivity index (χ2n) is 4.59. The predicted molar refractivity (Wildman–Crippen MR) is 68.2 cm³/mol. The maximum absolute atomic E-state index is 12.0. The molecule has 0 unspecified atom stereocenters. The largest absolute Gasteiger partial charge is 0.497 e. The van der Waals surface area contributed by atoms with E-state index in [1.165, 1.54) is 7.11 Å². The summed E-state index contributed by atoms with van der Waals surface area (Å²) in [7, 11) is 3.03. The van der Waals surface area contributed by atoms with Crippen molar-refractivity contribution in [2.24, 2.45) is 0 Å². The Morgan fingerprint density at radius 3 is 2.72 bits per heavy atom. The van der Waals surface area contributed by atoms with Gasteiger partial charge < -0.3 is 14.5 Å². The first-order valence-corrected chi connectivity index (χ1v) is 6.02. The predicted octanol–water partition coefficient (Wildman–Crippen LogP) is 2.84. The van der Waals surface area contributed by atoms with Gasteiger partial charge in [-0.1, -0.05) is 0 Å². The van der Waals surface area contributed by atoms with Crippen LogP contribution in [0.3, 0.4) is 0 Å². The highest BCUT2D eigenvalue weighted by atomic mass is 16.5. The van der Waals surface area contributed by atoms with Gasteiger partial charge in [-0.2, -0.15) is 0 Å². The van der Waals surface area contributed by atoms with E-state index in [0.29, 0.717) is 11.5 Å². The number of rotatable bonds is 3. The molecule has 2 aromatic rings. The van der Waals surface area contributed by atoms with Crippen LogP contribution in [0.4, 0.5) is 0 Å². The number of methoxy groups -OCH3 is 2. The SMILES string of the molecule is COC(=O)c1c(C2CC2)[nH]c2ccc(OC)cc12. The minimum absolute atomic E-state index is 0.281. The molecule has 0 atom stereocenters. The van der Waals surface area contributed by atoms with E-state index in [1.807, 2.05) is 18.2 Å². The first kappa shape index (κ1) is 11.1. The third kappa shape index (κ3) is 1.65. The van der Waals surface area contributed by atoms with Gasteiger partial charge in [-0.3, -0.25) is 0 Å². The fraction of sp³-hybridized carbons (Fsp3) is 0.357. The molecule has 1 heterocycles. The van der Waals surface area contributed by atoms with Crippen molar-refractivity contribution in [2.45, 2.75) is 18.8 Å². The molecule has 0 amide bonds. The fourth-order valence-corrected chi connectivity index (χ4v) is 2.32. The molecule has 0 aliphatic heterocycles. The van der Waals surface area contributed by atoms with Gasteiger partial charge in [0.05, 0.1) is 19.8 Å². The average molecular weight is 245 g/mol. The quantitative estimate of drug-likeness (QED) is 0.846. The first-order valence-electron chi connectivity index (χ1n) is 6.02. The summed E-state index contributed by atoms with van der Waals surface area (Å²) in [5.41, 5.74) is 2.62. The molecule has 0 radical (unpaired) electrons. The van der Waals surface area contributed by atoms with Crippen molar-refractivity contribution in [1.82, 2.24) is 4.98 Å². The van der Waals surface area contributed by atoms with Crippen LogP contribution in [-0.4, -0.2) is 25.2 Å². The number of nitrogens with one attached hydrogen (secondary N) is 1. The standard InChI is InChI=1S/C14H15NO3/c1-17-9-5-6-11-10(7-9)12(14(16)18-2)13(15-11)8-3-4-8/h5-8,15H,3-4H2,1-2H3. The van der Waals surface area contributed by atoms with E-state index in [0.717, 1.165) is 35.2 Å². The normalized spacial score (nSPS) is 14.8. The Hall–Kier alpha value is -1.97. The number of hydrogen-bond donors (Lipinski definition) is 1. The molecule has 1 saturated carbocycles. The highest BCUT2D eigenvalue weighted by molar-refractivity contribution is 6.06. The average Bonchev–Trinajstić information content (AvgIpc) is 3.18.